The van der Waals surface area contributed by atoms with Gasteiger partial charge in [0, 0.05) is 12.8 Å². The molecular weight excluding hydrogens is 182 g/mol. The Kier molecular flexibility index (Phi) is 2.54. The second kappa shape index (κ2) is 3.84. The number of hydrogen-bond donors (Lipinski definition) is 1. The minimum absolute atomic E-state index is 0.120. The number of pyridine rings is 1. The summed E-state index contributed by atoms with van der Waals surface area (Å²) in [5.74, 6) is -0.203. The number of aromatic nitrogens is 1. The number of rotatable bonds is 2. The fourth-order valence-corrected chi connectivity index (χ4v) is 1.68. The van der Waals surface area contributed by atoms with E-state index in [-0.39, 0.29) is 17.4 Å². The standard InChI is InChI=1S/C10H13NO3/c12-9-4-1-5-11(10(9)13)7-8-3-2-6-14-8/h1,4-5,8,12H,2-3,6-7H2. The van der Waals surface area contributed by atoms with Gasteiger partial charge in [-0.2, -0.15) is 0 Å². The molecule has 1 saturated heterocycles. The molecule has 1 aromatic heterocycles. The Morgan fingerprint density at radius 2 is 2.50 bits per heavy atom. The molecule has 0 saturated carbocycles. The van der Waals surface area contributed by atoms with Crippen LogP contribution in [0.25, 0.3) is 0 Å². The van der Waals surface area contributed by atoms with Crippen molar-refractivity contribution in [3.8, 4) is 5.75 Å². The van der Waals surface area contributed by atoms with E-state index >= 15 is 0 Å². The monoisotopic (exact) mass is 195 g/mol. The first kappa shape index (κ1) is 9.27. The van der Waals surface area contributed by atoms with Crippen LogP contribution in [0.4, 0.5) is 0 Å². The lowest BCUT2D eigenvalue weighted by atomic mass is 10.2. The molecule has 1 aliphatic rings. The van der Waals surface area contributed by atoms with Crippen LogP contribution in [0.3, 0.4) is 0 Å². The Hall–Kier alpha value is -1.29. The van der Waals surface area contributed by atoms with Crippen LogP contribution >= 0.6 is 0 Å². The zero-order valence-electron chi connectivity index (χ0n) is 7.85. The summed E-state index contributed by atoms with van der Waals surface area (Å²) in [6.07, 6.45) is 3.83. The molecule has 1 aromatic rings. The van der Waals surface area contributed by atoms with Gasteiger partial charge in [0.15, 0.2) is 5.75 Å². The van der Waals surface area contributed by atoms with Crippen molar-refractivity contribution in [1.82, 2.24) is 4.57 Å². The van der Waals surface area contributed by atoms with Crippen molar-refractivity contribution in [2.45, 2.75) is 25.5 Å². The summed E-state index contributed by atoms with van der Waals surface area (Å²) in [4.78, 5) is 11.4. The molecule has 0 aliphatic carbocycles. The predicted octanol–water partition coefficient (Wildman–Crippen LogP) is 0.733. The summed E-state index contributed by atoms with van der Waals surface area (Å²) >= 11 is 0. The first-order chi connectivity index (χ1) is 6.77. The first-order valence-corrected chi connectivity index (χ1v) is 4.77. The average molecular weight is 195 g/mol. The lowest BCUT2D eigenvalue weighted by Crippen LogP contribution is -2.25. The molecule has 1 aliphatic heterocycles. The highest BCUT2D eigenvalue weighted by atomic mass is 16.5. The van der Waals surface area contributed by atoms with E-state index in [0.29, 0.717) is 6.54 Å². The Labute approximate surface area is 81.7 Å². The molecule has 0 bridgehead atoms. The van der Waals surface area contributed by atoms with Crippen molar-refractivity contribution >= 4 is 0 Å². The molecule has 0 amide bonds. The molecular formula is C10H13NO3. The van der Waals surface area contributed by atoms with Gasteiger partial charge in [-0.15, -0.1) is 0 Å². The minimum Gasteiger partial charge on any atom is -0.503 e. The van der Waals surface area contributed by atoms with Gasteiger partial charge in [-0.1, -0.05) is 0 Å². The molecule has 0 radical (unpaired) electrons. The lowest BCUT2D eigenvalue weighted by molar-refractivity contribution is 0.0959. The highest BCUT2D eigenvalue weighted by molar-refractivity contribution is 5.14. The van der Waals surface area contributed by atoms with Gasteiger partial charge >= 0.3 is 0 Å². The molecule has 4 heteroatoms. The molecule has 1 fully saturated rings. The third-order valence-corrected chi connectivity index (χ3v) is 2.42. The average Bonchev–Trinajstić information content (AvgIpc) is 2.66. The number of hydrogen-bond acceptors (Lipinski definition) is 3. The molecule has 2 rings (SSSR count). The summed E-state index contributed by atoms with van der Waals surface area (Å²) in [7, 11) is 0. The molecule has 4 nitrogen and oxygen atoms in total. The van der Waals surface area contributed by atoms with Gasteiger partial charge < -0.3 is 14.4 Å². The predicted molar refractivity (Wildman–Crippen MR) is 51.3 cm³/mol. The van der Waals surface area contributed by atoms with Crippen LogP contribution in [0.2, 0.25) is 0 Å². The van der Waals surface area contributed by atoms with Crippen molar-refractivity contribution < 1.29 is 9.84 Å². The van der Waals surface area contributed by atoms with Crippen LogP contribution in [0.15, 0.2) is 23.1 Å². The van der Waals surface area contributed by atoms with Crippen molar-refractivity contribution in [3.05, 3.63) is 28.7 Å². The lowest BCUT2D eigenvalue weighted by Gasteiger charge is -2.11. The molecule has 1 atom stereocenters. The van der Waals surface area contributed by atoms with Gasteiger partial charge in [0.25, 0.3) is 5.56 Å². The van der Waals surface area contributed by atoms with E-state index in [9.17, 15) is 9.90 Å². The summed E-state index contributed by atoms with van der Waals surface area (Å²) in [5.41, 5.74) is -0.344. The van der Waals surface area contributed by atoms with Crippen LogP contribution in [0, 0.1) is 0 Å². The smallest absolute Gasteiger partial charge is 0.292 e. The van der Waals surface area contributed by atoms with E-state index in [1.807, 2.05) is 0 Å². The van der Waals surface area contributed by atoms with Crippen LogP contribution < -0.4 is 5.56 Å². The third kappa shape index (κ3) is 1.80. The molecule has 14 heavy (non-hydrogen) atoms. The highest BCUT2D eigenvalue weighted by Crippen LogP contribution is 2.13. The van der Waals surface area contributed by atoms with Gasteiger partial charge in [-0.05, 0) is 25.0 Å². The zero-order valence-corrected chi connectivity index (χ0v) is 7.85. The van der Waals surface area contributed by atoms with Crippen molar-refractivity contribution in [2.75, 3.05) is 6.61 Å². The number of nitrogens with zero attached hydrogens (tertiary/aromatic N) is 1. The van der Waals surface area contributed by atoms with Crippen LogP contribution in [0.1, 0.15) is 12.8 Å². The quantitative estimate of drug-likeness (QED) is 0.757. The van der Waals surface area contributed by atoms with E-state index in [1.54, 1.807) is 12.3 Å². The fourth-order valence-electron chi connectivity index (χ4n) is 1.68. The Morgan fingerprint density at radius 3 is 3.21 bits per heavy atom. The number of ether oxygens (including phenoxy) is 1. The molecule has 1 unspecified atom stereocenters. The third-order valence-electron chi connectivity index (χ3n) is 2.42. The molecule has 1 N–H and O–H groups in total. The molecule has 2 heterocycles. The van der Waals surface area contributed by atoms with E-state index < -0.39 is 0 Å². The van der Waals surface area contributed by atoms with Crippen molar-refractivity contribution in [3.63, 3.8) is 0 Å². The maximum absolute atomic E-state index is 11.4. The summed E-state index contributed by atoms with van der Waals surface area (Å²) < 4.78 is 6.90. The van der Waals surface area contributed by atoms with Crippen LogP contribution in [-0.4, -0.2) is 22.4 Å². The molecule has 0 aromatic carbocycles. The van der Waals surface area contributed by atoms with Gasteiger partial charge in [0.2, 0.25) is 0 Å². The van der Waals surface area contributed by atoms with E-state index in [2.05, 4.69) is 0 Å². The minimum atomic E-state index is -0.344. The van der Waals surface area contributed by atoms with Crippen molar-refractivity contribution in [1.29, 1.82) is 0 Å². The largest absolute Gasteiger partial charge is 0.503 e. The van der Waals surface area contributed by atoms with E-state index in [1.165, 1.54) is 10.6 Å². The van der Waals surface area contributed by atoms with E-state index in [4.69, 9.17) is 4.74 Å². The van der Waals surface area contributed by atoms with E-state index in [0.717, 1.165) is 19.4 Å². The van der Waals surface area contributed by atoms with Crippen LogP contribution in [-0.2, 0) is 11.3 Å². The SMILES string of the molecule is O=c1c(O)cccn1CC1CCCO1. The number of aromatic hydroxyl groups is 1. The Balaban J connectivity index is 2.16. The maximum Gasteiger partial charge on any atom is 0.292 e. The zero-order chi connectivity index (χ0) is 9.97. The Bertz CT molecular complexity index is 366. The van der Waals surface area contributed by atoms with Crippen LogP contribution in [0.5, 0.6) is 5.75 Å². The van der Waals surface area contributed by atoms with Gasteiger partial charge in [0.1, 0.15) is 0 Å². The summed E-state index contributed by atoms with van der Waals surface area (Å²) in [6.45, 7) is 1.31. The summed E-state index contributed by atoms with van der Waals surface area (Å²) in [6, 6.07) is 3.06. The molecule has 0 spiro atoms. The second-order valence-corrected chi connectivity index (χ2v) is 3.49. The van der Waals surface area contributed by atoms with Gasteiger partial charge in [0.05, 0.1) is 12.6 Å². The molecule has 76 valence electrons. The van der Waals surface area contributed by atoms with Crippen molar-refractivity contribution in [2.24, 2.45) is 0 Å². The maximum atomic E-state index is 11.4. The summed E-state index contributed by atoms with van der Waals surface area (Å²) in [5, 5.41) is 9.20. The Morgan fingerprint density at radius 1 is 1.64 bits per heavy atom. The fraction of sp³-hybridized carbons (Fsp3) is 0.500. The topological polar surface area (TPSA) is 51.5 Å². The second-order valence-electron chi connectivity index (χ2n) is 3.49. The van der Waals surface area contributed by atoms with Gasteiger partial charge in [-0.3, -0.25) is 4.79 Å². The normalized spacial score (nSPS) is 21.3. The first-order valence-electron chi connectivity index (χ1n) is 4.77. The van der Waals surface area contributed by atoms with Gasteiger partial charge in [-0.25, -0.2) is 0 Å². The highest BCUT2D eigenvalue weighted by Gasteiger charge is 2.16.